The predicted octanol–water partition coefficient (Wildman–Crippen LogP) is 18.0. The molecule has 1 amide bonds. The van der Waals surface area contributed by atoms with Crippen LogP contribution in [0.3, 0.4) is 0 Å². The lowest BCUT2D eigenvalue weighted by Crippen LogP contribution is -2.65. The van der Waals surface area contributed by atoms with Crippen LogP contribution in [0, 0.1) is 0 Å². The Morgan fingerprint density at radius 1 is 0.374 bits per heavy atom. The molecule has 0 spiro atoms. The second-order valence-electron chi connectivity index (χ2n) is 27.1. The maximum absolute atomic E-state index is 13.4. The quantitative estimate of drug-likeness (QED) is 0.0204. The maximum Gasteiger partial charge on any atom is 0.220 e. The van der Waals surface area contributed by atoms with Crippen LogP contribution < -0.4 is 5.32 Å². The van der Waals surface area contributed by atoms with Crippen molar-refractivity contribution in [3.8, 4) is 0 Å². The number of carbonyl (C=O) groups excluding carboxylic acids is 1. The molecule has 12 atom stereocenters. The molecule has 2 aliphatic rings. The van der Waals surface area contributed by atoms with Gasteiger partial charge in [-0.3, -0.25) is 4.79 Å². The predicted molar refractivity (Wildman–Crippen MR) is 410 cm³/mol. The Labute approximate surface area is 602 Å². The lowest BCUT2D eigenvalue weighted by molar-refractivity contribution is -0.359. The minimum Gasteiger partial charge on any atom is -0.394 e. The van der Waals surface area contributed by atoms with Crippen LogP contribution in [-0.2, 0) is 23.7 Å². The van der Waals surface area contributed by atoms with Gasteiger partial charge >= 0.3 is 0 Å². The van der Waals surface area contributed by atoms with Crippen molar-refractivity contribution in [3.63, 3.8) is 0 Å². The number of hydrogen-bond donors (Lipinski definition) is 9. The third kappa shape index (κ3) is 50.0. The van der Waals surface area contributed by atoms with Crippen molar-refractivity contribution in [2.45, 2.75) is 364 Å². The number of nitrogens with one attached hydrogen (secondary N) is 1. The van der Waals surface area contributed by atoms with E-state index in [4.69, 9.17) is 18.9 Å². The fraction of sp³-hybridized carbons (Fsp3) is 0.706. The summed E-state index contributed by atoms with van der Waals surface area (Å²) in [4.78, 5) is 13.4. The number of ether oxygens (including phenoxy) is 4. The molecule has 2 heterocycles. The van der Waals surface area contributed by atoms with Crippen LogP contribution in [0.25, 0.3) is 0 Å². The van der Waals surface area contributed by atoms with Crippen molar-refractivity contribution >= 4 is 5.91 Å². The molecule has 2 saturated heterocycles. The summed E-state index contributed by atoms with van der Waals surface area (Å²) in [6.07, 6.45) is 84.8. The molecule has 0 bridgehead atoms. The van der Waals surface area contributed by atoms with E-state index in [1.54, 1.807) is 6.08 Å². The summed E-state index contributed by atoms with van der Waals surface area (Å²) < 4.78 is 22.9. The van der Waals surface area contributed by atoms with Crippen LogP contribution in [0.2, 0.25) is 0 Å². The molecular formula is C85H143NO13. The lowest BCUT2D eigenvalue weighted by Gasteiger charge is -2.46. The SMILES string of the molecule is CC/C=C\C/C=C\C/C=C\C/C=C\C/C=C\C/C=C\C/C=C\C/C=C\C/C=C\C/C=C\CCCCCCCCCCC(=O)NC(COC1OC(CO)C(OC2OC(CO)C(O)C(O)C2O)C(O)C1O)C(O)/C=C/CC/C=C/CCCCCCCCCCCCCCCCCCCCCC. The number of amides is 1. The highest BCUT2D eigenvalue weighted by Gasteiger charge is 2.51. The first-order valence-corrected chi connectivity index (χ1v) is 39.6. The molecule has 2 fully saturated rings. The summed E-state index contributed by atoms with van der Waals surface area (Å²) in [7, 11) is 0. The van der Waals surface area contributed by atoms with Crippen molar-refractivity contribution < 1.29 is 64.6 Å². The fourth-order valence-electron chi connectivity index (χ4n) is 12.0. The van der Waals surface area contributed by atoms with Crippen LogP contribution >= 0.6 is 0 Å². The molecule has 0 radical (unpaired) electrons. The first-order valence-electron chi connectivity index (χ1n) is 39.6. The molecule has 0 aliphatic carbocycles. The van der Waals surface area contributed by atoms with E-state index < -0.39 is 86.8 Å². The zero-order valence-electron chi connectivity index (χ0n) is 61.9. The number of hydrogen-bond acceptors (Lipinski definition) is 13. The van der Waals surface area contributed by atoms with Crippen LogP contribution in [0.5, 0.6) is 0 Å². The van der Waals surface area contributed by atoms with Gasteiger partial charge in [-0.1, -0.05) is 320 Å². The lowest BCUT2D eigenvalue weighted by atomic mass is 9.97. The monoisotopic (exact) mass is 1390 g/mol. The van der Waals surface area contributed by atoms with E-state index >= 15 is 0 Å². The largest absolute Gasteiger partial charge is 0.394 e. The summed E-state index contributed by atoms with van der Waals surface area (Å²) in [6, 6.07) is -0.949. The molecule has 0 aromatic carbocycles. The van der Waals surface area contributed by atoms with Crippen molar-refractivity contribution in [3.05, 3.63) is 146 Å². The Balaban J connectivity index is 1.65. The van der Waals surface area contributed by atoms with E-state index in [1.165, 1.54) is 148 Å². The molecule has 566 valence electrons. The average molecular weight is 1390 g/mol. The Morgan fingerprint density at radius 2 is 0.707 bits per heavy atom. The van der Waals surface area contributed by atoms with Crippen molar-refractivity contribution in [2.75, 3.05) is 19.8 Å². The summed E-state index contributed by atoms with van der Waals surface area (Å²) in [5.41, 5.74) is 0. The van der Waals surface area contributed by atoms with Gasteiger partial charge in [0.15, 0.2) is 12.6 Å². The summed E-state index contributed by atoms with van der Waals surface area (Å²) in [5.74, 6) is -0.261. The molecular weight excluding hydrogens is 1240 g/mol. The second-order valence-corrected chi connectivity index (χ2v) is 27.1. The van der Waals surface area contributed by atoms with Crippen molar-refractivity contribution in [1.29, 1.82) is 0 Å². The summed E-state index contributed by atoms with van der Waals surface area (Å²) in [6.45, 7) is 2.68. The van der Waals surface area contributed by atoms with Crippen LogP contribution in [0.1, 0.15) is 290 Å². The molecule has 99 heavy (non-hydrogen) atoms. The van der Waals surface area contributed by atoms with Crippen LogP contribution in [-0.4, -0.2) is 140 Å². The second kappa shape index (κ2) is 67.1. The van der Waals surface area contributed by atoms with Gasteiger partial charge in [0, 0.05) is 6.42 Å². The zero-order chi connectivity index (χ0) is 71.5. The standard InChI is InChI=1S/C85H143NO13/c1-3-5-7-9-11-13-15-17-19-21-23-25-27-29-31-32-33-34-35-36-37-38-39-40-41-42-43-45-47-49-51-53-55-57-59-61-63-65-67-69-77(90)86-73(72-96-84-82(95)80(93)83(76(71-88)98-84)99-85-81(94)79(92)78(91)75(70-87)97-85)74(89)68-66-64-62-60-58-56-54-52-50-48-46-44-30-28-26-24-22-20-18-16-14-12-10-8-6-4-2/h5,7,11,13,17,19,23,25,29,31,33-34,36-37,39-40,42-43,47,49,58,60,66,68,73-76,78-85,87-89,91-95H,3-4,6,8-10,12,14-16,18,20-22,24,26-28,30,32,35,38,41,44-46,48,50-57,59,61-65,67,69-72H2,1-2H3,(H,86,90)/b7-5-,13-11-,19-17-,25-23-,31-29-,34-33-,37-36-,40-39-,43-42-,49-47-,60-58+,68-66+. The van der Waals surface area contributed by atoms with E-state index in [-0.39, 0.29) is 18.9 Å². The molecule has 12 unspecified atom stereocenters. The van der Waals surface area contributed by atoms with E-state index in [0.29, 0.717) is 12.8 Å². The summed E-state index contributed by atoms with van der Waals surface area (Å²) in [5, 5.41) is 87.6. The minimum absolute atomic E-state index is 0.255. The van der Waals surface area contributed by atoms with Crippen LogP contribution in [0.15, 0.2) is 146 Å². The van der Waals surface area contributed by atoms with E-state index in [9.17, 15) is 45.6 Å². The first-order chi connectivity index (χ1) is 48.6. The molecule has 9 N–H and O–H groups in total. The average Bonchev–Trinajstić information content (AvgIpc) is 0.794. The van der Waals surface area contributed by atoms with E-state index in [1.807, 2.05) is 6.08 Å². The Hall–Kier alpha value is -4.13. The summed E-state index contributed by atoms with van der Waals surface area (Å²) >= 11 is 0. The number of aliphatic hydroxyl groups is 8. The van der Waals surface area contributed by atoms with E-state index in [2.05, 4.69) is 153 Å². The molecule has 2 aliphatic heterocycles. The van der Waals surface area contributed by atoms with Gasteiger partial charge in [0.25, 0.3) is 0 Å². The fourth-order valence-corrected chi connectivity index (χ4v) is 12.0. The van der Waals surface area contributed by atoms with Gasteiger partial charge in [-0.15, -0.1) is 0 Å². The zero-order valence-corrected chi connectivity index (χ0v) is 61.9. The van der Waals surface area contributed by atoms with Gasteiger partial charge in [0.05, 0.1) is 32.0 Å². The Kier molecular flexibility index (Phi) is 61.6. The molecule has 14 nitrogen and oxygen atoms in total. The van der Waals surface area contributed by atoms with Gasteiger partial charge in [0.1, 0.15) is 48.8 Å². The van der Waals surface area contributed by atoms with Gasteiger partial charge < -0.3 is 65.1 Å². The highest BCUT2D eigenvalue weighted by molar-refractivity contribution is 5.76. The number of carbonyl (C=O) groups is 1. The topological polar surface area (TPSA) is 228 Å². The van der Waals surface area contributed by atoms with Crippen molar-refractivity contribution in [1.82, 2.24) is 5.32 Å². The molecule has 14 heteroatoms. The molecule has 2 rings (SSSR count). The van der Waals surface area contributed by atoms with Crippen molar-refractivity contribution in [2.24, 2.45) is 0 Å². The number of unbranched alkanes of at least 4 members (excludes halogenated alkanes) is 29. The van der Waals surface area contributed by atoms with Crippen LogP contribution in [0.4, 0.5) is 0 Å². The number of allylic oxidation sites excluding steroid dienone is 23. The highest BCUT2D eigenvalue weighted by atomic mass is 16.7. The normalized spacial score (nSPS) is 22.8. The number of aliphatic hydroxyl groups excluding tert-OH is 8. The van der Waals surface area contributed by atoms with Gasteiger partial charge in [-0.25, -0.2) is 0 Å². The van der Waals surface area contributed by atoms with Gasteiger partial charge in [0.2, 0.25) is 5.91 Å². The number of rotatable bonds is 64. The minimum atomic E-state index is -1.80. The third-order valence-electron chi connectivity index (χ3n) is 18.3. The highest BCUT2D eigenvalue weighted by Crippen LogP contribution is 2.30. The maximum atomic E-state index is 13.4. The van der Waals surface area contributed by atoms with E-state index in [0.717, 1.165) is 109 Å². The van der Waals surface area contributed by atoms with Gasteiger partial charge in [-0.2, -0.15) is 0 Å². The molecule has 0 aromatic rings. The first kappa shape index (κ1) is 91.0. The molecule has 0 aromatic heterocycles. The smallest absolute Gasteiger partial charge is 0.220 e. The Bertz CT molecular complexity index is 2230. The third-order valence-corrected chi connectivity index (χ3v) is 18.3. The molecule has 0 saturated carbocycles. The Morgan fingerprint density at radius 3 is 1.11 bits per heavy atom. The van der Waals surface area contributed by atoms with Gasteiger partial charge in [-0.05, 0) is 109 Å².